The molecule has 3 nitrogen and oxygen atoms in total. The summed E-state index contributed by atoms with van der Waals surface area (Å²) >= 11 is 3.65. The molecule has 1 fully saturated rings. The van der Waals surface area contributed by atoms with Gasteiger partial charge in [0.05, 0.1) is 0 Å². The van der Waals surface area contributed by atoms with Crippen LogP contribution in [0.3, 0.4) is 0 Å². The number of ether oxygens (including phenoxy) is 1. The number of amides is 1. The summed E-state index contributed by atoms with van der Waals surface area (Å²) < 4.78 is 5.34. The first kappa shape index (κ1) is 14.8. The van der Waals surface area contributed by atoms with Gasteiger partial charge in [0.2, 0.25) is 0 Å². The van der Waals surface area contributed by atoms with Crippen LogP contribution in [-0.2, 0) is 4.74 Å². The first-order valence-electron chi connectivity index (χ1n) is 6.36. The third-order valence-electron chi connectivity index (χ3n) is 3.01. The number of halogens is 1. The van der Waals surface area contributed by atoms with Crippen molar-refractivity contribution in [1.29, 1.82) is 0 Å². The lowest BCUT2D eigenvalue weighted by Crippen LogP contribution is -2.37. The normalized spacial score (nSPS) is 25.5. The van der Waals surface area contributed by atoms with Gasteiger partial charge >= 0.3 is 6.09 Å². The zero-order valence-corrected chi connectivity index (χ0v) is 12.9. The second-order valence-electron chi connectivity index (χ2n) is 5.98. The summed E-state index contributed by atoms with van der Waals surface area (Å²) in [5, 5.41) is 0. The van der Waals surface area contributed by atoms with Crippen molar-refractivity contribution in [1.82, 2.24) is 4.90 Å². The van der Waals surface area contributed by atoms with Crippen LogP contribution in [0.4, 0.5) is 4.79 Å². The standard InChI is InChI=1S/C13H24BrNO2/c1-13(2,3)17-12(16)15(4)9-10-5-7-11(14)8-6-10/h10-11H,5-9H2,1-4H3. The minimum absolute atomic E-state index is 0.210. The maximum absolute atomic E-state index is 11.8. The molecular formula is C13H24BrNO2. The smallest absolute Gasteiger partial charge is 0.410 e. The van der Waals surface area contributed by atoms with E-state index >= 15 is 0 Å². The van der Waals surface area contributed by atoms with Gasteiger partial charge in [0, 0.05) is 18.4 Å². The first-order chi connectivity index (χ1) is 7.78. The van der Waals surface area contributed by atoms with E-state index in [0.717, 1.165) is 6.54 Å². The lowest BCUT2D eigenvalue weighted by molar-refractivity contribution is 0.0263. The molecule has 1 saturated carbocycles. The molecule has 17 heavy (non-hydrogen) atoms. The summed E-state index contributed by atoms with van der Waals surface area (Å²) in [5.74, 6) is 0.626. The van der Waals surface area contributed by atoms with Crippen molar-refractivity contribution in [2.45, 2.75) is 56.9 Å². The number of hydrogen-bond donors (Lipinski definition) is 0. The molecule has 1 rings (SSSR count). The average molecular weight is 306 g/mol. The van der Waals surface area contributed by atoms with Crippen LogP contribution in [0.25, 0.3) is 0 Å². The second-order valence-corrected chi connectivity index (χ2v) is 7.27. The molecule has 0 saturated heterocycles. The predicted molar refractivity (Wildman–Crippen MR) is 73.5 cm³/mol. The maximum atomic E-state index is 11.8. The Hall–Kier alpha value is -0.250. The fourth-order valence-electron chi connectivity index (χ4n) is 2.11. The Bertz CT molecular complexity index is 255. The second kappa shape index (κ2) is 6.07. The molecule has 1 aliphatic carbocycles. The maximum Gasteiger partial charge on any atom is 0.410 e. The molecule has 0 bridgehead atoms. The van der Waals surface area contributed by atoms with E-state index in [4.69, 9.17) is 4.74 Å². The number of rotatable bonds is 2. The van der Waals surface area contributed by atoms with E-state index in [1.54, 1.807) is 4.90 Å². The molecule has 1 amide bonds. The Morgan fingerprint density at radius 1 is 1.29 bits per heavy atom. The topological polar surface area (TPSA) is 29.5 Å². The van der Waals surface area contributed by atoms with Gasteiger partial charge in [-0.2, -0.15) is 0 Å². The Morgan fingerprint density at radius 2 is 1.82 bits per heavy atom. The molecule has 0 atom stereocenters. The molecule has 0 radical (unpaired) electrons. The van der Waals surface area contributed by atoms with Crippen LogP contribution in [0.15, 0.2) is 0 Å². The van der Waals surface area contributed by atoms with Crippen LogP contribution in [-0.4, -0.2) is 35.0 Å². The fourth-order valence-corrected chi connectivity index (χ4v) is 2.63. The van der Waals surface area contributed by atoms with Crippen LogP contribution in [0.1, 0.15) is 46.5 Å². The van der Waals surface area contributed by atoms with E-state index in [0.29, 0.717) is 10.7 Å². The van der Waals surface area contributed by atoms with Gasteiger partial charge < -0.3 is 9.64 Å². The number of hydrogen-bond acceptors (Lipinski definition) is 2. The Kier molecular flexibility index (Phi) is 5.29. The largest absolute Gasteiger partial charge is 0.444 e. The summed E-state index contributed by atoms with van der Waals surface area (Å²) in [4.78, 5) is 14.2. The Morgan fingerprint density at radius 3 is 2.29 bits per heavy atom. The summed E-state index contributed by atoms with van der Waals surface area (Å²) in [6.45, 7) is 6.51. The Balaban J connectivity index is 2.33. The predicted octanol–water partition coefficient (Wildman–Crippen LogP) is 3.81. The highest BCUT2D eigenvalue weighted by Gasteiger charge is 2.24. The van der Waals surface area contributed by atoms with Gasteiger partial charge in [0.25, 0.3) is 0 Å². The van der Waals surface area contributed by atoms with E-state index in [1.807, 2.05) is 27.8 Å². The molecule has 100 valence electrons. The van der Waals surface area contributed by atoms with Crippen LogP contribution in [0.5, 0.6) is 0 Å². The zero-order chi connectivity index (χ0) is 13.1. The minimum Gasteiger partial charge on any atom is -0.444 e. The van der Waals surface area contributed by atoms with Crippen molar-refractivity contribution in [3.8, 4) is 0 Å². The molecule has 0 unspecified atom stereocenters. The fraction of sp³-hybridized carbons (Fsp3) is 0.923. The van der Waals surface area contributed by atoms with Crippen molar-refractivity contribution in [3.05, 3.63) is 0 Å². The van der Waals surface area contributed by atoms with E-state index in [9.17, 15) is 4.79 Å². The molecule has 4 heteroatoms. The van der Waals surface area contributed by atoms with Crippen molar-refractivity contribution in [3.63, 3.8) is 0 Å². The highest BCUT2D eigenvalue weighted by Crippen LogP contribution is 2.29. The van der Waals surface area contributed by atoms with E-state index in [-0.39, 0.29) is 6.09 Å². The summed E-state index contributed by atoms with van der Waals surface area (Å²) in [7, 11) is 1.83. The number of alkyl halides is 1. The van der Waals surface area contributed by atoms with E-state index in [2.05, 4.69) is 15.9 Å². The summed E-state index contributed by atoms with van der Waals surface area (Å²) in [5.41, 5.74) is -0.404. The monoisotopic (exact) mass is 305 g/mol. The average Bonchev–Trinajstić information content (AvgIpc) is 2.19. The molecule has 0 aromatic carbocycles. The first-order valence-corrected chi connectivity index (χ1v) is 7.27. The molecule has 0 aliphatic heterocycles. The zero-order valence-electron chi connectivity index (χ0n) is 11.3. The van der Waals surface area contributed by atoms with E-state index < -0.39 is 5.60 Å². The van der Waals surface area contributed by atoms with Gasteiger partial charge in [0.15, 0.2) is 0 Å². The lowest BCUT2D eigenvalue weighted by atomic mass is 9.89. The number of carbonyl (C=O) groups is 1. The molecule has 0 aromatic heterocycles. The molecular weight excluding hydrogens is 282 g/mol. The van der Waals surface area contributed by atoms with Crippen molar-refractivity contribution >= 4 is 22.0 Å². The van der Waals surface area contributed by atoms with Crippen LogP contribution < -0.4 is 0 Å². The third-order valence-corrected chi connectivity index (χ3v) is 3.93. The highest BCUT2D eigenvalue weighted by atomic mass is 79.9. The van der Waals surface area contributed by atoms with Gasteiger partial charge in [-0.05, 0) is 52.4 Å². The van der Waals surface area contributed by atoms with Crippen LogP contribution >= 0.6 is 15.9 Å². The number of carbonyl (C=O) groups excluding carboxylic acids is 1. The van der Waals surface area contributed by atoms with Crippen molar-refractivity contribution in [2.24, 2.45) is 5.92 Å². The third kappa shape index (κ3) is 5.75. The Labute approximate surface area is 113 Å². The lowest BCUT2D eigenvalue weighted by Gasteiger charge is -2.30. The summed E-state index contributed by atoms with van der Waals surface area (Å²) in [6.07, 6.45) is 4.62. The molecule has 0 spiro atoms. The molecule has 1 aliphatic rings. The van der Waals surface area contributed by atoms with Crippen LogP contribution in [0.2, 0.25) is 0 Å². The highest BCUT2D eigenvalue weighted by molar-refractivity contribution is 9.09. The minimum atomic E-state index is -0.404. The SMILES string of the molecule is CN(CC1CCC(Br)CC1)C(=O)OC(C)(C)C. The van der Waals surface area contributed by atoms with Crippen molar-refractivity contribution in [2.75, 3.05) is 13.6 Å². The molecule has 0 aromatic rings. The van der Waals surface area contributed by atoms with Gasteiger partial charge in [-0.25, -0.2) is 4.79 Å². The van der Waals surface area contributed by atoms with Crippen LogP contribution in [0, 0.1) is 5.92 Å². The quantitative estimate of drug-likeness (QED) is 0.726. The number of nitrogens with zero attached hydrogens (tertiary/aromatic N) is 1. The molecule has 0 N–H and O–H groups in total. The van der Waals surface area contributed by atoms with E-state index in [1.165, 1.54) is 25.7 Å². The van der Waals surface area contributed by atoms with Gasteiger partial charge in [-0.3, -0.25) is 0 Å². The van der Waals surface area contributed by atoms with Gasteiger partial charge in [-0.15, -0.1) is 0 Å². The van der Waals surface area contributed by atoms with Crippen molar-refractivity contribution < 1.29 is 9.53 Å². The van der Waals surface area contributed by atoms with Gasteiger partial charge in [0.1, 0.15) is 5.60 Å². The molecule has 0 heterocycles. The van der Waals surface area contributed by atoms with Gasteiger partial charge in [-0.1, -0.05) is 15.9 Å². The summed E-state index contributed by atoms with van der Waals surface area (Å²) in [6, 6.07) is 0.